The number of nitrogens with one attached hydrogen (secondary N) is 2. The number of primary amides is 2. The van der Waals surface area contributed by atoms with Crippen molar-refractivity contribution in [2.24, 2.45) is 11.5 Å². The van der Waals surface area contributed by atoms with Crippen molar-refractivity contribution in [3.63, 3.8) is 0 Å². The Hall–Kier alpha value is -0.466. The van der Waals surface area contributed by atoms with Crippen molar-refractivity contribution in [2.45, 2.75) is 0 Å². The van der Waals surface area contributed by atoms with Crippen LogP contribution in [0.5, 0.6) is 0 Å². The van der Waals surface area contributed by atoms with E-state index in [-0.39, 0.29) is 0 Å². The Balaban J connectivity index is -0.000000120. The summed E-state index contributed by atoms with van der Waals surface area (Å²) in [5.41, 5.74) is 11.4. The molecule has 0 unspecified atom stereocenters. The van der Waals surface area contributed by atoms with Crippen LogP contribution < -0.4 is 22.4 Å². The second kappa shape index (κ2) is 17.6. The van der Waals surface area contributed by atoms with Crippen molar-refractivity contribution in [1.29, 1.82) is 0 Å². The summed E-state index contributed by atoms with van der Waals surface area (Å²) in [5.74, 6) is 0. The van der Waals surface area contributed by atoms with Gasteiger partial charge in [0.1, 0.15) is 0 Å². The molecule has 0 saturated heterocycles. The zero-order valence-corrected chi connectivity index (χ0v) is 8.52. The average molecular weight is 284 g/mol. The number of hydrogen-bond acceptors (Lipinski definition) is 2. The van der Waals surface area contributed by atoms with E-state index in [4.69, 9.17) is 40.4 Å². The summed E-state index contributed by atoms with van der Waals surface area (Å²) >= 11 is 0.569. The molecule has 0 aliphatic rings. The molecule has 0 aliphatic heterocycles. The Morgan fingerprint density at radius 3 is 1.15 bits per heavy atom. The van der Waals surface area contributed by atoms with Gasteiger partial charge < -0.3 is 11.5 Å². The monoisotopic (exact) mass is 282 g/mol. The fraction of sp³-hybridized carbons (Fsp3) is 0. The molecule has 0 bridgehead atoms. The normalized spacial score (nSPS) is 6.77. The summed E-state index contributed by atoms with van der Waals surface area (Å²) in [6.45, 7) is 0. The van der Waals surface area contributed by atoms with Crippen LogP contribution in [-0.4, -0.2) is 32.1 Å². The second-order valence-corrected chi connectivity index (χ2v) is 2.67. The van der Waals surface area contributed by atoms with Gasteiger partial charge in [0.2, 0.25) is 0 Å². The minimum atomic E-state index is -0.690. The van der Waals surface area contributed by atoms with E-state index >= 15 is 0 Å². The summed E-state index contributed by atoms with van der Waals surface area (Å²) in [7, 11) is 9.40. The van der Waals surface area contributed by atoms with E-state index in [2.05, 4.69) is 11.5 Å². The van der Waals surface area contributed by atoms with Crippen LogP contribution >= 0.6 is 20.4 Å². The molecule has 0 rings (SSSR count). The van der Waals surface area contributed by atoms with Gasteiger partial charge in [-0.25, -0.2) is 9.59 Å². The quantitative estimate of drug-likeness (QED) is 0.133. The summed E-state index contributed by atoms with van der Waals surface area (Å²) in [5, 5.41) is 15.0. The van der Waals surface area contributed by atoms with Gasteiger partial charge in [-0.3, -0.25) is 10.4 Å². The number of amides is 4. The molecule has 0 aliphatic carbocycles. The van der Waals surface area contributed by atoms with Crippen molar-refractivity contribution < 1.29 is 32.7 Å². The summed E-state index contributed by atoms with van der Waals surface area (Å²) < 4.78 is 0. The number of halogens is 2. The van der Waals surface area contributed by atoms with Crippen LogP contribution in [0.1, 0.15) is 0 Å². The number of nitrogens with two attached hydrogens (primary N) is 2. The third-order valence-corrected chi connectivity index (χ3v) is 0.229. The fourth-order valence-corrected chi connectivity index (χ4v) is 0. The number of hydrogen-bond donors (Lipinski definition) is 6. The molecule has 0 aromatic rings. The molecule has 13 heavy (non-hydrogen) atoms. The molecular formula is C2H10Cl2N4NiO4+2. The molecule has 0 saturated carbocycles. The molecule has 8 nitrogen and oxygen atoms in total. The topological polar surface area (TPSA) is 159 Å². The van der Waals surface area contributed by atoms with E-state index in [0.717, 1.165) is 0 Å². The predicted molar refractivity (Wildman–Crippen MR) is 43.8 cm³/mol. The van der Waals surface area contributed by atoms with E-state index in [0.29, 0.717) is 12.7 Å². The van der Waals surface area contributed by atoms with E-state index in [9.17, 15) is 0 Å². The van der Waals surface area contributed by atoms with Gasteiger partial charge in [0.15, 0.2) is 0 Å². The Morgan fingerprint density at radius 1 is 1.08 bits per heavy atom. The van der Waals surface area contributed by atoms with Crippen LogP contribution in [0, 0.1) is 0 Å². The van der Waals surface area contributed by atoms with Crippen LogP contribution in [0.15, 0.2) is 0 Å². The predicted octanol–water partition coefficient (Wildman–Crippen LogP) is -1.86. The second-order valence-electron chi connectivity index (χ2n) is 1.04. The van der Waals surface area contributed by atoms with Crippen molar-refractivity contribution in [3.05, 3.63) is 0 Å². The third kappa shape index (κ3) is 84.0. The van der Waals surface area contributed by atoms with Gasteiger partial charge >= 0.3 is 45.1 Å². The zero-order chi connectivity index (χ0) is 11.3. The Bertz CT molecular complexity index is 123. The van der Waals surface area contributed by atoms with Gasteiger partial charge in [0.25, 0.3) is 0 Å². The molecule has 0 atom stereocenters. The van der Waals surface area contributed by atoms with Crippen molar-refractivity contribution in [1.82, 2.24) is 11.0 Å². The molecule has 0 fully saturated rings. The van der Waals surface area contributed by atoms with Gasteiger partial charge in [-0.05, 0) is 0 Å². The molecule has 0 heterocycles. The molecule has 0 aromatic carbocycles. The molecule has 0 aromatic heterocycles. The van der Waals surface area contributed by atoms with E-state index in [1.54, 1.807) is 0 Å². The van der Waals surface area contributed by atoms with E-state index in [1.807, 2.05) is 0 Å². The van der Waals surface area contributed by atoms with Crippen molar-refractivity contribution in [3.8, 4) is 0 Å². The third-order valence-electron chi connectivity index (χ3n) is 0.229. The Morgan fingerprint density at radius 2 is 1.15 bits per heavy atom. The maximum absolute atomic E-state index is 7.69. The first-order valence-electron chi connectivity index (χ1n) is 2.21. The summed E-state index contributed by atoms with van der Waals surface area (Å²) in [6, 6.07) is -1.38. The Kier molecular flexibility index (Phi) is 24.8. The molecule has 0 spiro atoms. The molecule has 11 heteroatoms. The molecule has 4 amide bonds. The molecule has 10 N–H and O–H groups in total. The van der Waals surface area contributed by atoms with Crippen LogP contribution in [0.4, 0.5) is 0 Å². The van der Waals surface area contributed by atoms with Crippen LogP contribution in [-0.2, 0) is 12.7 Å². The standard InChI is InChI=1S/2CH4N2O2.2ClH.Ni/c2*2-1(4)3-5;;;/h2*5H,(H3,2,3,4);2*1H;/q;;;;+2. The van der Waals surface area contributed by atoms with Gasteiger partial charge in [-0.2, -0.15) is 11.0 Å². The van der Waals surface area contributed by atoms with E-state index < -0.39 is 12.1 Å². The zero-order valence-electron chi connectivity index (χ0n) is 6.02. The van der Waals surface area contributed by atoms with Crippen molar-refractivity contribution in [2.75, 3.05) is 0 Å². The molecule has 84 valence electrons. The number of carbonyl (C=O) groups excluding carboxylic acids is 2. The molecule has 0 radical (unpaired) electrons. The summed E-state index contributed by atoms with van der Waals surface area (Å²) in [6.07, 6.45) is 0. The van der Waals surface area contributed by atoms with Gasteiger partial charge in [-0.15, -0.1) is 0 Å². The van der Waals surface area contributed by atoms with Gasteiger partial charge in [0, 0.05) is 0 Å². The SMILES string of the molecule is NC(=[OH+])NO.NC(=[OH+])NO.[Cl][Ni][Cl]. The number of urea groups is 2. The molecular weight excluding hydrogens is 274 g/mol. The van der Waals surface area contributed by atoms with Crippen LogP contribution in [0.3, 0.4) is 0 Å². The summed E-state index contributed by atoms with van der Waals surface area (Å²) in [4.78, 5) is 15.4. The van der Waals surface area contributed by atoms with Crippen LogP contribution in [0.2, 0.25) is 0 Å². The van der Waals surface area contributed by atoms with E-state index in [1.165, 1.54) is 11.0 Å². The number of rotatable bonds is 0. The van der Waals surface area contributed by atoms with Gasteiger partial charge in [-0.1, -0.05) is 0 Å². The first-order chi connectivity index (χ1) is 5.95. The fourth-order valence-electron chi connectivity index (χ4n) is 0. The Labute approximate surface area is 87.8 Å². The first kappa shape index (κ1) is 18.3. The maximum atomic E-state index is 7.69. The number of hydroxylamine groups is 2. The van der Waals surface area contributed by atoms with Crippen LogP contribution in [0.25, 0.3) is 0 Å². The first-order valence-corrected chi connectivity index (χ1v) is 4.93. The minimum absolute atomic E-state index is 0.569. The average Bonchev–Trinajstić information content (AvgIpc) is 2.07. The van der Waals surface area contributed by atoms with Gasteiger partial charge in [0.05, 0.1) is 0 Å². The van der Waals surface area contributed by atoms with Crippen molar-refractivity contribution >= 4 is 32.5 Å².